The third-order valence-electron chi connectivity index (χ3n) is 8.69. The summed E-state index contributed by atoms with van der Waals surface area (Å²) in [6, 6.07) is 17.6. The molecule has 0 radical (unpaired) electrons. The van der Waals surface area contributed by atoms with Gasteiger partial charge in [0.15, 0.2) is 0 Å². The normalized spacial score (nSPS) is 17.7. The summed E-state index contributed by atoms with van der Waals surface area (Å²) in [6.07, 6.45) is 7.66. The molecule has 2 amide bonds. The molecule has 5 rings (SSSR count). The molecule has 1 saturated heterocycles. The van der Waals surface area contributed by atoms with Gasteiger partial charge in [0, 0.05) is 29.0 Å². The Hall–Kier alpha value is -3.45. The number of nitrogens with zero attached hydrogens (tertiary/aromatic N) is 2. The lowest BCUT2D eigenvalue weighted by atomic mass is 9.72. The number of nitrogens with one attached hydrogen (secondary N) is 3. The molecule has 1 atom stereocenters. The highest BCUT2D eigenvalue weighted by atomic mass is 16.2. The van der Waals surface area contributed by atoms with Crippen LogP contribution in [0.5, 0.6) is 0 Å². The van der Waals surface area contributed by atoms with Crippen LogP contribution in [0.25, 0.3) is 5.69 Å². The summed E-state index contributed by atoms with van der Waals surface area (Å²) in [4.78, 5) is 26.9. The van der Waals surface area contributed by atoms with Gasteiger partial charge in [-0.3, -0.25) is 10.1 Å². The predicted octanol–water partition coefficient (Wildman–Crippen LogP) is 7.35. The fourth-order valence-electron chi connectivity index (χ4n) is 6.26. The van der Waals surface area contributed by atoms with Crippen molar-refractivity contribution < 1.29 is 9.59 Å². The average Bonchev–Trinajstić information content (AvgIpc) is 3.40. The molecule has 1 aliphatic heterocycles. The van der Waals surface area contributed by atoms with Gasteiger partial charge >= 0.3 is 6.03 Å². The number of benzene rings is 2. The number of hydrogen-bond acceptors (Lipinski definition) is 4. The van der Waals surface area contributed by atoms with Crippen molar-refractivity contribution in [3.63, 3.8) is 0 Å². The van der Waals surface area contributed by atoms with Crippen LogP contribution in [0.1, 0.15) is 88.5 Å². The van der Waals surface area contributed by atoms with Crippen molar-refractivity contribution in [3.8, 4) is 5.69 Å². The van der Waals surface area contributed by atoms with E-state index in [9.17, 15) is 9.59 Å². The van der Waals surface area contributed by atoms with Crippen LogP contribution < -0.4 is 16.0 Å². The third kappa shape index (κ3) is 7.07. The second-order valence-electron chi connectivity index (χ2n) is 12.9. The van der Waals surface area contributed by atoms with Crippen LogP contribution in [-0.2, 0) is 10.2 Å². The predicted molar refractivity (Wildman–Crippen MR) is 166 cm³/mol. The van der Waals surface area contributed by atoms with Crippen molar-refractivity contribution in [2.75, 3.05) is 23.7 Å². The van der Waals surface area contributed by atoms with Gasteiger partial charge in [0.05, 0.1) is 11.4 Å². The first-order valence-electron chi connectivity index (χ1n) is 15.3. The number of urea groups is 1. The third-order valence-corrected chi connectivity index (χ3v) is 8.69. The minimum Gasteiger partial charge on any atom is -0.317 e. The molecule has 2 heterocycles. The van der Waals surface area contributed by atoms with Gasteiger partial charge in [-0.25, -0.2) is 9.48 Å². The molecule has 1 aliphatic carbocycles. The van der Waals surface area contributed by atoms with Crippen molar-refractivity contribution in [1.29, 1.82) is 0 Å². The summed E-state index contributed by atoms with van der Waals surface area (Å²) in [6.45, 7) is 10.3. The number of aromatic nitrogens is 2. The van der Waals surface area contributed by atoms with E-state index in [1.165, 1.54) is 6.42 Å². The smallest absolute Gasteiger partial charge is 0.317 e. The zero-order valence-corrected chi connectivity index (χ0v) is 25.0. The van der Waals surface area contributed by atoms with Crippen molar-refractivity contribution >= 4 is 23.3 Å². The summed E-state index contributed by atoms with van der Waals surface area (Å²) in [7, 11) is 0. The number of piperidine rings is 1. The number of anilines is 2. The highest BCUT2D eigenvalue weighted by Crippen LogP contribution is 2.38. The molecule has 3 aromatic rings. The largest absolute Gasteiger partial charge is 0.324 e. The van der Waals surface area contributed by atoms with E-state index in [2.05, 4.69) is 36.7 Å². The van der Waals surface area contributed by atoms with Crippen LogP contribution in [0.2, 0.25) is 0 Å². The molecule has 0 bridgehead atoms. The van der Waals surface area contributed by atoms with E-state index >= 15 is 0 Å². The summed E-state index contributed by atoms with van der Waals surface area (Å²) < 4.78 is 1.78. The Morgan fingerprint density at radius 3 is 2.20 bits per heavy atom. The summed E-state index contributed by atoms with van der Waals surface area (Å²) in [5.74, 6) is 1.52. The molecule has 3 N–H and O–H groups in total. The zero-order chi connectivity index (χ0) is 29.0. The maximum absolute atomic E-state index is 13.8. The Kier molecular flexibility index (Phi) is 8.93. The molecule has 0 spiro atoms. The molecule has 7 nitrogen and oxygen atoms in total. The second-order valence-corrected chi connectivity index (χ2v) is 12.9. The Morgan fingerprint density at radius 2 is 1.56 bits per heavy atom. The lowest BCUT2D eigenvalue weighted by Crippen LogP contribution is -2.36. The molecular formula is C34H45N5O2. The van der Waals surface area contributed by atoms with E-state index in [1.807, 2.05) is 61.5 Å². The van der Waals surface area contributed by atoms with Crippen LogP contribution in [0, 0.1) is 18.8 Å². The second kappa shape index (κ2) is 12.6. The first-order chi connectivity index (χ1) is 19.7. The quantitative estimate of drug-likeness (QED) is 0.284. The fraction of sp³-hybridized carbons (Fsp3) is 0.500. The van der Waals surface area contributed by atoms with Gasteiger partial charge in [0.1, 0.15) is 11.6 Å². The van der Waals surface area contributed by atoms with E-state index < -0.39 is 0 Å². The zero-order valence-electron chi connectivity index (χ0n) is 25.0. The van der Waals surface area contributed by atoms with Crippen molar-refractivity contribution in [2.24, 2.45) is 11.8 Å². The monoisotopic (exact) mass is 555 g/mol. The highest BCUT2D eigenvalue weighted by molar-refractivity contribution is 5.99. The van der Waals surface area contributed by atoms with Crippen LogP contribution in [0.4, 0.5) is 16.3 Å². The van der Waals surface area contributed by atoms with Crippen molar-refractivity contribution in [2.45, 2.75) is 84.0 Å². The Labute approximate surface area is 244 Å². The van der Waals surface area contributed by atoms with Crippen molar-refractivity contribution in [1.82, 2.24) is 15.1 Å². The highest BCUT2D eigenvalue weighted by Gasteiger charge is 2.35. The number of ketones is 1. The van der Waals surface area contributed by atoms with E-state index in [0.29, 0.717) is 23.2 Å². The molecule has 1 aromatic heterocycles. The van der Waals surface area contributed by atoms with Gasteiger partial charge in [-0.15, -0.1) is 0 Å². The number of rotatable bonds is 7. The Morgan fingerprint density at radius 1 is 0.902 bits per heavy atom. The summed E-state index contributed by atoms with van der Waals surface area (Å²) >= 11 is 0. The molecule has 7 heteroatoms. The van der Waals surface area contributed by atoms with Crippen molar-refractivity contribution in [3.05, 3.63) is 71.4 Å². The van der Waals surface area contributed by atoms with Gasteiger partial charge in [0.25, 0.3) is 0 Å². The number of hydrogen-bond donors (Lipinski definition) is 3. The molecule has 1 saturated carbocycles. The number of aryl methyl sites for hydroxylation is 1. The molecule has 218 valence electrons. The van der Waals surface area contributed by atoms with E-state index in [4.69, 9.17) is 5.10 Å². The average molecular weight is 556 g/mol. The Bertz CT molecular complexity index is 1320. The van der Waals surface area contributed by atoms with E-state index in [1.54, 1.807) is 4.68 Å². The molecule has 2 fully saturated rings. The topological polar surface area (TPSA) is 88.1 Å². The van der Waals surface area contributed by atoms with Crippen LogP contribution in [0.15, 0.2) is 54.6 Å². The van der Waals surface area contributed by atoms with Gasteiger partial charge < -0.3 is 10.6 Å². The molecular weight excluding hydrogens is 510 g/mol. The number of amides is 2. The van der Waals surface area contributed by atoms with Gasteiger partial charge in [-0.2, -0.15) is 5.10 Å². The Balaban J connectivity index is 1.32. The molecule has 2 aliphatic rings. The summed E-state index contributed by atoms with van der Waals surface area (Å²) in [5, 5.41) is 14.2. The van der Waals surface area contributed by atoms with Crippen LogP contribution in [-0.4, -0.2) is 34.7 Å². The standard InChI is InChI=1S/C34H45N5O2/c1-23-10-16-28(17-11-23)39-30(22-29(38-39)34(2,3)4)37-33(41)36-27-14-12-24(13-15-27)31(25-18-20-35-21-19-25)32(40)26-8-6-5-7-9-26/h10-17,22,25-26,31,35H,5-9,18-21H2,1-4H3,(H2,36,37,41). The molecule has 2 aromatic carbocycles. The lowest BCUT2D eigenvalue weighted by Gasteiger charge is -2.33. The van der Waals surface area contributed by atoms with Gasteiger partial charge in [-0.1, -0.05) is 69.9 Å². The molecule has 1 unspecified atom stereocenters. The number of Topliss-reactive ketones (excluding diaryl/α,β-unsaturated/α-hetero) is 1. The maximum atomic E-state index is 13.8. The SMILES string of the molecule is Cc1ccc(-n2nc(C(C)(C)C)cc2NC(=O)Nc2ccc(C(C(=O)C3CCCCC3)C3CCNCC3)cc2)cc1. The number of carbonyl (C=O) groups excluding carboxylic acids is 2. The van der Waals surface area contributed by atoms with Crippen LogP contribution in [0.3, 0.4) is 0 Å². The van der Waals surface area contributed by atoms with Gasteiger partial charge in [-0.05, 0) is 81.4 Å². The van der Waals surface area contributed by atoms with E-state index in [-0.39, 0.29) is 23.3 Å². The molecule has 41 heavy (non-hydrogen) atoms. The fourth-order valence-corrected chi connectivity index (χ4v) is 6.26. The van der Waals surface area contributed by atoms with E-state index in [0.717, 1.165) is 74.1 Å². The lowest BCUT2D eigenvalue weighted by molar-refractivity contribution is -0.126. The number of carbonyl (C=O) groups is 2. The summed E-state index contributed by atoms with van der Waals surface area (Å²) in [5.41, 5.74) is 4.54. The van der Waals surface area contributed by atoms with Crippen LogP contribution >= 0.6 is 0 Å². The van der Waals surface area contributed by atoms with Gasteiger partial charge in [0.2, 0.25) is 0 Å². The maximum Gasteiger partial charge on any atom is 0.324 e. The minimum absolute atomic E-state index is 0.0669. The first kappa shape index (κ1) is 29.1. The minimum atomic E-state index is -0.334. The first-order valence-corrected chi connectivity index (χ1v) is 15.3.